The van der Waals surface area contributed by atoms with E-state index in [1.807, 2.05) is 6.07 Å². The standard InChI is InChI=1S/C21H21ClN2O3/c1-11(2)15-9-16-13(10-27-19(16)6-12(15)3)7-20(25)24-14-4-5-18(22)17(8-14)21(23)26/h4-6,8-11H,7H2,1-3H3,(H2,23,26)(H,24,25). The summed E-state index contributed by atoms with van der Waals surface area (Å²) in [5.41, 5.74) is 9.90. The minimum absolute atomic E-state index is 0.155. The third-order valence-electron chi connectivity index (χ3n) is 4.53. The van der Waals surface area contributed by atoms with Gasteiger partial charge in [0.1, 0.15) is 5.58 Å². The van der Waals surface area contributed by atoms with Crippen molar-refractivity contribution in [3.8, 4) is 0 Å². The Morgan fingerprint density at radius 3 is 2.63 bits per heavy atom. The molecular weight excluding hydrogens is 364 g/mol. The van der Waals surface area contributed by atoms with Crippen LogP contribution in [0.15, 0.2) is 41.0 Å². The second-order valence-electron chi connectivity index (χ2n) is 6.90. The van der Waals surface area contributed by atoms with Crippen LogP contribution in [0.5, 0.6) is 0 Å². The van der Waals surface area contributed by atoms with Crippen molar-refractivity contribution in [2.45, 2.75) is 33.1 Å². The molecule has 0 aliphatic rings. The Bertz CT molecular complexity index is 1040. The molecule has 0 radical (unpaired) electrons. The fourth-order valence-electron chi connectivity index (χ4n) is 3.17. The molecule has 3 N–H and O–H groups in total. The molecule has 6 heteroatoms. The summed E-state index contributed by atoms with van der Waals surface area (Å²) >= 11 is 5.94. The zero-order chi connectivity index (χ0) is 19.7. The molecule has 5 nitrogen and oxygen atoms in total. The molecule has 140 valence electrons. The maximum Gasteiger partial charge on any atom is 0.250 e. The van der Waals surface area contributed by atoms with Gasteiger partial charge in [0.2, 0.25) is 11.8 Å². The van der Waals surface area contributed by atoms with Crippen LogP contribution in [0.4, 0.5) is 5.69 Å². The summed E-state index contributed by atoms with van der Waals surface area (Å²) in [6, 6.07) is 8.72. The summed E-state index contributed by atoms with van der Waals surface area (Å²) in [6.07, 6.45) is 1.77. The average molecular weight is 385 g/mol. The summed E-state index contributed by atoms with van der Waals surface area (Å²) in [5.74, 6) is -0.483. The Morgan fingerprint density at radius 2 is 1.96 bits per heavy atom. The SMILES string of the molecule is Cc1cc2occ(CC(=O)Nc3ccc(Cl)c(C(N)=O)c3)c2cc1C(C)C. The number of carbonyl (C=O) groups is 2. The zero-order valence-electron chi connectivity index (χ0n) is 15.4. The number of nitrogens with two attached hydrogens (primary N) is 1. The Balaban J connectivity index is 1.83. The highest BCUT2D eigenvalue weighted by molar-refractivity contribution is 6.34. The van der Waals surface area contributed by atoms with Gasteiger partial charge in [-0.2, -0.15) is 0 Å². The lowest BCUT2D eigenvalue weighted by Crippen LogP contribution is -2.16. The lowest BCUT2D eigenvalue weighted by atomic mass is 9.95. The minimum atomic E-state index is -0.645. The van der Waals surface area contributed by atoms with Crippen molar-refractivity contribution in [1.29, 1.82) is 0 Å². The number of carbonyl (C=O) groups excluding carboxylic acids is 2. The summed E-state index contributed by atoms with van der Waals surface area (Å²) in [4.78, 5) is 23.9. The predicted octanol–water partition coefficient (Wildman–Crippen LogP) is 4.80. The number of aryl methyl sites for hydroxylation is 1. The van der Waals surface area contributed by atoms with Crippen LogP contribution in [0, 0.1) is 6.92 Å². The van der Waals surface area contributed by atoms with Gasteiger partial charge < -0.3 is 15.5 Å². The number of primary amides is 1. The Morgan fingerprint density at radius 1 is 1.22 bits per heavy atom. The molecule has 0 fully saturated rings. The highest BCUT2D eigenvalue weighted by Gasteiger charge is 2.15. The molecule has 2 aromatic carbocycles. The first kappa shape index (κ1) is 19.0. The lowest BCUT2D eigenvalue weighted by Gasteiger charge is -2.10. The van der Waals surface area contributed by atoms with Gasteiger partial charge in [0.05, 0.1) is 23.3 Å². The van der Waals surface area contributed by atoms with Crippen LogP contribution < -0.4 is 11.1 Å². The van der Waals surface area contributed by atoms with Gasteiger partial charge in [-0.05, 0) is 54.3 Å². The van der Waals surface area contributed by atoms with Crippen LogP contribution >= 0.6 is 11.6 Å². The summed E-state index contributed by atoms with van der Waals surface area (Å²) in [7, 11) is 0. The van der Waals surface area contributed by atoms with Crippen LogP contribution in [0.2, 0.25) is 5.02 Å². The summed E-state index contributed by atoms with van der Waals surface area (Å²) in [5, 5.41) is 3.96. The van der Waals surface area contributed by atoms with E-state index in [2.05, 4.69) is 32.2 Å². The fourth-order valence-corrected chi connectivity index (χ4v) is 3.38. The van der Waals surface area contributed by atoms with E-state index < -0.39 is 5.91 Å². The van der Waals surface area contributed by atoms with E-state index >= 15 is 0 Å². The number of fused-ring (bicyclic) bond motifs is 1. The van der Waals surface area contributed by atoms with Crippen LogP contribution in [0.3, 0.4) is 0 Å². The molecule has 0 saturated carbocycles. The molecule has 27 heavy (non-hydrogen) atoms. The molecule has 2 amide bonds. The zero-order valence-corrected chi connectivity index (χ0v) is 16.2. The highest BCUT2D eigenvalue weighted by atomic mass is 35.5. The number of benzene rings is 2. The van der Waals surface area contributed by atoms with Crippen LogP contribution in [-0.2, 0) is 11.2 Å². The molecule has 0 aliphatic heterocycles. The fraction of sp³-hybridized carbons (Fsp3) is 0.238. The lowest BCUT2D eigenvalue weighted by molar-refractivity contribution is -0.115. The number of hydrogen-bond donors (Lipinski definition) is 2. The number of hydrogen-bond acceptors (Lipinski definition) is 3. The smallest absolute Gasteiger partial charge is 0.250 e. The third kappa shape index (κ3) is 3.98. The second-order valence-corrected chi connectivity index (χ2v) is 7.31. The molecule has 1 aromatic heterocycles. The molecule has 0 atom stereocenters. The number of rotatable bonds is 5. The van der Waals surface area contributed by atoms with E-state index in [0.29, 0.717) is 11.6 Å². The minimum Gasteiger partial charge on any atom is -0.464 e. The first-order valence-electron chi connectivity index (χ1n) is 8.66. The van der Waals surface area contributed by atoms with Crippen molar-refractivity contribution in [2.24, 2.45) is 5.73 Å². The number of halogens is 1. The first-order chi connectivity index (χ1) is 12.8. The maximum absolute atomic E-state index is 12.5. The van der Waals surface area contributed by atoms with Gasteiger partial charge >= 0.3 is 0 Å². The predicted molar refractivity (Wildman–Crippen MR) is 107 cm³/mol. The van der Waals surface area contributed by atoms with Gasteiger partial charge in [0.15, 0.2) is 0 Å². The maximum atomic E-state index is 12.5. The van der Waals surface area contributed by atoms with Crippen molar-refractivity contribution < 1.29 is 14.0 Å². The number of nitrogens with one attached hydrogen (secondary N) is 1. The molecular formula is C21H21ClN2O3. The van der Waals surface area contributed by atoms with E-state index in [9.17, 15) is 9.59 Å². The number of amides is 2. The molecule has 0 saturated heterocycles. The molecule has 1 heterocycles. The Kier molecular flexibility index (Phi) is 5.24. The number of furan rings is 1. The van der Waals surface area contributed by atoms with Crippen molar-refractivity contribution in [1.82, 2.24) is 0 Å². The number of anilines is 1. The van der Waals surface area contributed by atoms with Crippen LogP contribution in [-0.4, -0.2) is 11.8 Å². The molecule has 0 spiro atoms. The third-order valence-corrected chi connectivity index (χ3v) is 4.86. The van der Waals surface area contributed by atoms with E-state index in [0.717, 1.165) is 16.5 Å². The highest BCUT2D eigenvalue weighted by Crippen LogP contribution is 2.29. The van der Waals surface area contributed by atoms with Gasteiger partial charge in [-0.25, -0.2) is 0 Å². The Hall–Kier alpha value is -2.79. The summed E-state index contributed by atoms with van der Waals surface area (Å²) < 4.78 is 5.62. The first-order valence-corrected chi connectivity index (χ1v) is 9.04. The topological polar surface area (TPSA) is 85.3 Å². The largest absolute Gasteiger partial charge is 0.464 e. The average Bonchev–Trinajstić information content (AvgIpc) is 2.97. The quantitative estimate of drug-likeness (QED) is 0.662. The van der Waals surface area contributed by atoms with Crippen LogP contribution in [0.25, 0.3) is 11.0 Å². The second kappa shape index (κ2) is 7.45. The van der Waals surface area contributed by atoms with E-state index in [-0.39, 0.29) is 22.9 Å². The normalized spacial score (nSPS) is 11.1. The van der Waals surface area contributed by atoms with Gasteiger partial charge in [-0.1, -0.05) is 25.4 Å². The van der Waals surface area contributed by atoms with Gasteiger partial charge in [0, 0.05) is 16.6 Å². The monoisotopic (exact) mass is 384 g/mol. The summed E-state index contributed by atoms with van der Waals surface area (Å²) in [6.45, 7) is 6.33. The molecule has 3 rings (SSSR count). The van der Waals surface area contributed by atoms with E-state index in [1.165, 1.54) is 23.3 Å². The van der Waals surface area contributed by atoms with Crippen molar-refractivity contribution in [2.75, 3.05) is 5.32 Å². The molecule has 3 aromatic rings. The van der Waals surface area contributed by atoms with E-state index in [1.54, 1.807) is 12.3 Å². The van der Waals surface area contributed by atoms with Gasteiger partial charge in [0.25, 0.3) is 0 Å². The molecule has 0 unspecified atom stereocenters. The van der Waals surface area contributed by atoms with E-state index in [4.69, 9.17) is 21.8 Å². The van der Waals surface area contributed by atoms with Crippen molar-refractivity contribution >= 4 is 40.1 Å². The van der Waals surface area contributed by atoms with Gasteiger partial charge in [-0.15, -0.1) is 0 Å². The molecule has 0 aliphatic carbocycles. The van der Waals surface area contributed by atoms with Crippen LogP contribution in [0.1, 0.15) is 46.8 Å². The van der Waals surface area contributed by atoms with Gasteiger partial charge in [-0.3, -0.25) is 9.59 Å². The van der Waals surface area contributed by atoms with Crippen molar-refractivity contribution in [3.63, 3.8) is 0 Å². The van der Waals surface area contributed by atoms with Crippen molar-refractivity contribution in [3.05, 3.63) is 63.9 Å². The molecule has 0 bridgehead atoms. The Labute approximate surface area is 162 Å².